The lowest BCUT2D eigenvalue weighted by atomic mass is 9.81. The Morgan fingerprint density at radius 1 is 0.464 bits per heavy atom. The van der Waals surface area contributed by atoms with Crippen molar-refractivity contribution >= 4 is 107 Å². The number of hydrogen-bond acceptors (Lipinski definition) is 2. The van der Waals surface area contributed by atoms with E-state index in [0.717, 1.165) is 50.6 Å². The average Bonchev–Trinajstić information content (AvgIpc) is 2.65. The standard InChI is InChI=1S/C22H6Br4O2/c23-7-1-9-15(25)5-13-19-17(9)11(3-7)21(27)14-6-16(26)10-2-8(24)4-12(22(13)28)18(10)20(14)19/h1-6H. The molecule has 0 spiro atoms. The maximum absolute atomic E-state index is 13.5. The monoisotopic (exact) mass is 618 g/mol. The van der Waals surface area contributed by atoms with Gasteiger partial charge in [0.15, 0.2) is 10.9 Å². The number of rotatable bonds is 0. The third-order valence-electron chi connectivity index (χ3n) is 5.53. The summed E-state index contributed by atoms with van der Waals surface area (Å²) in [7, 11) is 0. The van der Waals surface area contributed by atoms with Crippen LogP contribution < -0.4 is 10.9 Å². The van der Waals surface area contributed by atoms with Gasteiger partial charge >= 0.3 is 0 Å². The first-order chi connectivity index (χ1) is 13.4. The molecule has 2 nitrogen and oxygen atoms in total. The molecule has 0 atom stereocenters. The largest absolute Gasteiger partial charge is 0.289 e. The van der Waals surface area contributed by atoms with Crippen LogP contribution in [0.3, 0.4) is 0 Å². The van der Waals surface area contributed by atoms with Gasteiger partial charge in [-0.2, -0.15) is 0 Å². The van der Waals surface area contributed by atoms with E-state index in [1.807, 2.05) is 36.4 Å². The minimum Gasteiger partial charge on any atom is -0.289 e. The molecule has 0 fully saturated rings. The van der Waals surface area contributed by atoms with Crippen molar-refractivity contribution < 1.29 is 0 Å². The zero-order chi connectivity index (χ0) is 19.5. The summed E-state index contributed by atoms with van der Waals surface area (Å²) in [5.41, 5.74) is 1.69. The van der Waals surface area contributed by atoms with Crippen LogP contribution in [0.25, 0.3) is 54.2 Å². The van der Waals surface area contributed by atoms with Crippen molar-refractivity contribution in [2.24, 2.45) is 0 Å². The van der Waals surface area contributed by atoms with Crippen LogP contribution in [0.2, 0.25) is 0 Å². The Morgan fingerprint density at radius 3 is 1.21 bits per heavy atom. The third kappa shape index (κ3) is 2.02. The van der Waals surface area contributed by atoms with Crippen LogP contribution in [0, 0.1) is 0 Å². The molecule has 6 rings (SSSR count). The number of hydrogen-bond donors (Lipinski definition) is 0. The minimum absolute atomic E-state index is 0.0244. The van der Waals surface area contributed by atoms with Gasteiger partial charge in [0.2, 0.25) is 0 Å². The Labute approximate surface area is 191 Å². The summed E-state index contributed by atoms with van der Waals surface area (Å²) in [6.45, 7) is 0. The molecular formula is C22H6Br4O2. The number of benzene rings is 6. The highest BCUT2D eigenvalue weighted by atomic mass is 79.9. The van der Waals surface area contributed by atoms with Gasteiger partial charge in [-0.05, 0) is 47.2 Å². The van der Waals surface area contributed by atoms with Crippen molar-refractivity contribution in [2.75, 3.05) is 0 Å². The van der Waals surface area contributed by atoms with E-state index in [1.165, 1.54) is 0 Å². The van der Waals surface area contributed by atoms with Gasteiger partial charge in [-0.3, -0.25) is 9.59 Å². The minimum atomic E-state index is -0.0244. The molecule has 0 heterocycles. The van der Waals surface area contributed by atoms with Gasteiger partial charge in [-0.1, -0.05) is 63.7 Å². The second-order valence-corrected chi connectivity index (χ2v) is 10.5. The summed E-state index contributed by atoms with van der Waals surface area (Å²) in [4.78, 5) is 27.0. The van der Waals surface area contributed by atoms with Crippen molar-refractivity contribution in [2.45, 2.75) is 0 Å². The fraction of sp³-hybridized carbons (Fsp3) is 0. The van der Waals surface area contributed by atoms with Crippen LogP contribution in [0.1, 0.15) is 0 Å². The van der Waals surface area contributed by atoms with Crippen LogP contribution in [-0.2, 0) is 0 Å². The SMILES string of the molecule is O=c1c2cc(Br)c3cc(Br)cc4c(=O)c5cc(Br)c6cc(Br)cc1c6c5-c2c34. The molecular weight excluding hydrogens is 616 g/mol. The van der Waals surface area contributed by atoms with E-state index in [0.29, 0.717) is 21.5 Å². The molecule has 0 unspecified atom stereocenters. The molecule has 2 aliphatic rings. The van der Waals surface area contributed by atoms with Crippen LogP contribution in [-0.4, -0.2) is 0 Å². The fourth-order valence-corrected chi connectivity index (χ4v) is 6.48. The van der Waals surface area contributed by atoms with E-state index in [-0.39, 0.29) is 10.9 Å². The van der Waals surface area contributed by atoms with Gasteiger partial charge in [0, 0.05) is 61.3 Å². The van der Waals surface area contributed by atoms with E-state index >= 15 is 0 Å². The van der Waals surface area contributed by atoms with Gasteiger partial charge in [-0.25, -0.2) is 0 Å². The predicted molar refractivity (Wildman–Crippen MR) is 130 cm³/mol. The number of halogens is 4. The summed E-state index contributed by atoms with van der Waals surface area (Å²) in [6.07, 6.45) is 0. The third-order valence-corrected chi connectivity index (χ3v) is 7.76. The molecule has 4 aromatic rings. The van der Waals surface area contributed by atoms with Crippen molar-refractivity contribution in [3.05, 3.63) is 74.7 Å². The van der Waals surface area contributed by atoms with Crippen LogP contribution in [0.15, 0.2) is 63.9 Å². The van der Waals surface area contributed by atoms with Crippen molar-refractivity contribution in [1.29, 1.82) is 0 Å². The Morgan fingerprint density at radius 2 is 0.821 bits per heavy atom. The highest BCUT2D eigenvalue weighted by Gasteiger charge is 2.27. The topological polar surface area (TPSA) is 34.1 Å². The van der Waals surface area contributed by atoms with Crippen LogP contribution in [0.5, 0.6) is 0 Å². The summed E-state index contributed by atoms with van der Waals surface area (Å²) in [5.74, 6) is 0. The first kappa shape index (κ1) is 17.5. The summed E-state index contributed by atoms with van der Waals surface area (Å²) >= 11 is 14.3. The average molecular weight is 622 g/mol. The highest BCUT2D eigenvalue weighted by molar-refractivity contribution is 9.11. The van der Waals surface area contributed by atoms with E-state index < -0.39 is 0 Å². The lowest BCUT2D eigenvalue weighted by Crippen LogP contribution is -2.13. The lowest BCUT2D eigenvalue weighted by molar-refractivity contribution is 1.61. The molecule has 4 aromatic carbocycles. The van der Waals surface area contributed by atoms with Crippen LogP contribution in [0.4, 0.5) is 0 Å². The smallest absolute Gasteiger partial charge is 0.194 e. The first-order valence-corrected chi connectivity index (χ1v) is 11.6. The van der Waals surface area contributed by atoms with Crippen molar-refractivity contribution in [3.8, 4) is 11.1 Å². The Bertz CT molecular complexity index is 1560. The zero-order valence-electron chi connectivity index (χ0n) is 13.8. The fourth-order valence-electron chi connectivity index (χ4n) is 4.48. The molecule has 6 heteroatoms. The van der Waals surface area contributed by atoms with E-state index in [1.54, 1.807) is 0 Å². The summed E-state index contributed by atoms with van der Waals surface area (Å²) < 4.78 is 3.28. The molecule has 0 saturated carbocycles. The maximum atomic E-state index is 13.5. The zero-order valence-corrected chi connectivity index (χ0v) is 20.1. The van der Waals surface area contributed by atoms with E-state index in [9.17, 15) is 9.59 Å². The van der Waals surface area contributed by atoms with Gasteiger partial charge < -0.3 is 0 Å². The maximum Gasteiger partial charge on any atom is 0.194 e. The molecule has 28 heavy (non-hydrogen) atoms. The first-order valence-electron chi connectivity index (χ1n) is 8.38. The molecule has 0 radical (unpaired) electrons. The molecule has 0 aromatic heterocycles. The molecule has 0 amide bonds. The second kappa shape index (κ2) is 5.63. The van der Waals surface area contributed by atoms with E-state index in [4.69, 9.17) is 0 Å². The molecule has 0 bridgehead atoms. The van der Waals surface area contributed by atoms with Gasteiger partial charge in [0.1, 0.15) is 0 Å². The van der Waals surface area contributed by atoms with Crippen molar-refractivity contribution in [1.82, 2.24) is 0 Å². The van der Waals surface area contributed by atoms with E-state index in [2.05, 4.69) is 63.7 Å². The molecule has 134 valence electrons. The molecule has 2 aliphatic carbocycles. The summed E-state index contributed by atoms with van der Waals surface area (Å²) in [6, 6.07) is 11.4. The predicted octanol–water partition coefficient (Wildman–Crippen LogP) is 7.49. The quantitative estimate of drug-likeness (QED) is 0.130. The van der Waals surface area contributed by atoms with Crippen LogP contribution >= 0.6 is 63.7 Å². The van der Waals surface area contributed by atoms with Crippen molar-refractivity contribution in [3.63, 3.8) is 0 Å². The molecule has 0 aliphatic heterocycles. The Balaban J connectivity index is 2.16. The van der Waals surface area contributed by atoms with Gasteiger partial charge in [-0.15, -0.1) is 0 Å². The van der Waals surface area contributed by atoms with Gasteiger partial charge in [0.05, 0.1) is 0 Å². The molecule has 0 N–H and O–H groups in total. The molecule has 0 saturated heterocycles. The highest BCUT2D eigenvalue weighted by Crippen LogP contribution is 2.48. The second-order valence-electron chi connectivity index (χ2n) is 6.97. The lowest BCUT2D eigenvalue weighted by Gasteiger charge is -2.22. The normalized spacial score (nSPS) is 12.6. The Kier molecular flexibility index (Phi) is 3.52. The Hall–Kier alpha value is -1.34. The summed E-state index contributed by atoms with van der Waals surface area (Å²) in [5, 5.41) is 6.03. The van der Waals surface area contributed by atoms with Gasteiger partial charge in [0.25, 0.3) is 0 Å².